The van der Waals surface area contributed by atoms with Gasteiger partial charge >= 0.3 is 0 Å². The Kier molecular flexibility index (Phi) is 4.34. The molecule has 2 N–H and O–H groups in total. The molecule has 1 amide bonds. The highest BCUT2D eigenvalue weighted by Crippen LogP contribution is 2.22. The van der Waals surface area contributed by atoms with Crippen LogP contribution in [0.15, 0.2) is 65.7 Å². The van der Waals surface area contributed by atoms with E-state index in [0.29, 0.717) is 21.8 Å². The van der Waals surface area contributed by atoms with Crippen LogP contribution < -0.4 is 5.32 Å². The lowest BCUT2D eigenvalue weighted by molar-refractivity contribution is 0.102. The second-order valence-corrected chi connectivity index (χ2v) is 6.34. The number of anilines is 1. The zero-order valence-corrected chi connectivity index (χ0v) is 13.3. The summed E-state index contributed by atoms with van der Waals surface area (Å²) >= 11 is 0. The highest BCUT2D eigenvalue weighted by Gasteiger charge is 2.15. The smallest absolute Gasteiger partial charge is 0.259 e. The van der Waals surface area contributed by atoms with Crippen molar-refractivity contribution in [1.29, 1.82) is 0 Å². The van der Waals surface area contributed by atoms with Crippen molar-refractivity contribution in [2.75, 3.05) is 11.6 Å². The molecule has 0 radical (unpaired) electrons. The Balaban J connectivity index is 1.87. The fraction of sp³-hybridized carbons (Fsp3) is 0.0588. The highest BCUT2D eigenvalue weighted by atomic mass is 32.2. The molecule has 0 saturated heterocycles. The molecule has 0 aliphatic heterocycles. The number of carbonyl (C=O) groups is 1. The Morgan fingerprint density at radius 1 is 1.13 bits per heavy atom. The predicted molar refractivity (Wildman–Crippen MR) is 90.8 cm³/mol. The van der Waals surface area contributed by atoms with Crippen molar-refractivity contribution < 1.29 is 9.00 Å². The Morgan fingerprint density at radius 3 is 2.65 bits per heavy atom. The van der Waals surface area contributed by atoms with Gasteiger partial charge in [-0.2, -0.15) is 5.10 Å². The topological polar surface area (TPSA) is 74.8 Å². The predicted octanol–water partition coefficient (Wildman–Crippen LogP) is 3.07. The van der Waals surface area contributed by atoms with Gasteiger partial charge in [0.05, 0.1) is 17.5 Å². The molecule has 1 heterocycles. The molecule has 0 aliphatic rings. The number of rotatable bonds is 4. The Morgan fingerprint density at radius 2 is 1.91 bits per heavy atom. The molecule has 1 atom stereocenters. The molecule has 23 heavy (non-hydrogen) atoms. The van der Waals surface area contributed by atoms with Crippen LogP contribution in [-0.2, 0) is 10.8 Å². The second kappa shape index (κ2) is 6.58. The van der Waals surface area contributed by atoms with Gasteiger partial charge in [-0.25, -0.2) is 0 Å². The van der Waals surface area contributed by atoms with E-state index >= 15 is 0 Å². The van der Waals surface area contributed by atoms with Gasteiger partial charge in [0.25, 0.3) is 5.91 Å². The summed E-state index contributed by atoms with van der Waals surface area (Å²) in [5.74, 6) is -0.267. The molecule has 5 nitrogen and oxygen atoms in total. The van der Waals surface area contributed by atoms with Crippen molar-refractivity contribution in [2.45, 2.75) is 4.90 Å². The zero-order valence-electron chi connectivity index (χ0n) is 12.4. The van der Waals surface area contributed by atoms with E-state index in [4.69, 9.17) is 0 Å². The van der Waals surface area contributed by atoms with E-state index in [0.717, 1.165) is 5.56 Å². The third-order valence-corrected chi connectivity index (χ3v) is 4.29. The van der Waals surface area contributed by atoms with E-state index < -0.39 is 10.8 Å². The number of nitrogens with zero attached hydrogens (tertiary/aromatic N) is 1. The number of aromatic amines is 1. The summed E-state index contributed by atoms with van der Waals surface area (Å²) < 4.78 is 11.5. The molecule has 116 valence electrons. The van der Waals surface area contributed by atoms with Crippen molar-refractivity contribution in [3.63, 3.8) is 0 Å². The average Bonchev–Trinajstić information content (AvgIpc) is 3.05. The van der Waals surface area contributed by atoms with Crippen molar-refractivity contribution in [3.05, 3.63) is 66.4 Å². The molecule has 1 aromatic heterocycles. The third-order valence-electron chi connectivity index (χ3n) is 3.37. The van der Waals surface area contributed by atoms with Crippen molar-refractivity contribution >= 4 is 22.4 Å². The molecule has 0 saturated carbocycles. The van der Waals surface area contributed by atoms with Crippen molar-refractivity contribution in [3.8, 4) is 11.3 Å². The zero-order chi connectivity index (χ0) is 16.2. The molecule has 0 fully saturated rings. The normalized spacial score (nSPS) is 11.9. The molecule has 0 aliphatic carbocycles. The fourth-order valence-corrected chi connectivity index (χ4v) is 2.80. The molecule has 3 aromatic rings. The van der Waals surface area contributed by atoms with Crippen LogP contribution in [0.25, 0.3) is 11.3 Å². The average molecular weight is 325 g/mol. The van der Waals surface area contributed by atoms with Gasteiger partial charge in [0.1, 0.15) is 0 Å². The summed E-state index contributed by atoms with van der Waals surface area (Å²) in [6.07, 6.45) is 3.10. The number of hydrogen-bond donors (Lipinski definition) is 2. The van der Waals surface area contributed by atoms with Crippen LogP contribution in [-0.4, -0.2) is 26.6 Å². The number of benzene rings is 2. The molecule has 2 aromatic carbocycles. The number of amides is 1. The highest BCUT2D eigenvalue weighted by molar-refractivity contribution is 7.84. The van der Waals surface area contributed by atoms with Gasteiger partial charge < -0.3 is 5.32 Å². The van der Waals surface area contributed by atoms with E-state index in [1.807, 2.05) is 30.3 Å². The van der Waals surface area contributed by atoms with Crippen LogP contribution in [0.1, 0.15) is 10.4 Å². The van der Waals surface area contributed by atoms with Gasteiger partial charge in [0, 0.05) is 33.2 Å². The first-order valence-corrected chi connectivity index (χ1v) is 8.54. The summed E-state index contributed by atoms with van der Waals surface area (Å²) in [4.78, 5) is 13.2. The van der Waals surface area contributed by atoms with Crippen LogP contribution >= 0.6 is 0 Å². The number of aromatic nitrogens is 2. The number of nitrogens with one attached hydrogen (secondary N) is 2. The quantitative estimate of drug-likeness (QED) is 0.774. The second-order valence-electron chi connectivity index (χ2n) is 4.96. The Bertz CT molecular complexity index is 859. The van der Waals surface area contributed by atoms with Crippen LogP contribution in [0, 0.1) is 0 Å². The minimum atomic E-state index is -1.09. The number of H-pyrrole nitrogens is 1. The summed E-state index contributed by atoms with van der Waals surface area (Å²) in [7, 11) is -1.09. The van der Waals surface area contributed by atoms with Crippen molar-refractivity contribution in [2.24, 2.45) is 0 Å². The monoisotopic (exact) mass is 325 g/mol. The number of hydrogen-bond acceptors (Lipinski definition) is 3. The van der Waals surface area contributed by atoms with Gasteiger partial charge in [-0.3, -0.25) is 14.1 Å². The maximum absolute atomic E-state index is 12.5. The molecule has 1 unspecified atom stereocenters. The van der Waals surface area contributed by atoms with Gasteiger partial charge in [-0.05, 0) is 18.2 Å². The van der Waals surface area contributed by atoms with Crippen LogP contribution in [0.2, 0.25) is 0 Å². The van der Waals surface area contributed by atoms with E-state index in [1.165, 1.54) is 6.20 Å². The molecule has 6 heteroatoms. The summed E-state index contributed by atoms with van der Waals surface area (Å²) in [5, 5.41) is 9.65. The van der Waals surface area contributed by atoms with Gasteiger partial charge in [-0.15, -0.1) is 0 Å². The van der Waals surface area contributed by atoms with Gasteiger partial charge in [0.2, 0.25) is 0 Å². The Hall–Kier alpha value is -2.73. The standard InChI is InChI=1S/C17H15N3O2S/c1-23(22)14-9-5-8-13(10-14)19-17(21)15-11-18-20-16(15)12-6-3-2-4-7-12/h2-11H,1H3,(H,18,20)(H,19,21). The molecular weight excluding hydrogens is 310 g/mol. The number of carbonyl (C=O) groups excluding carboxylic acids is 1. The minimum Gasteiger partial charge on any atom is -0.322 e. The lowest BCUT2D eigenvalue weighted by atomic mass is 10.1. The summed E-state index contributed by atoms with van der Waals surface area (Å²) in [6.45, 7) is 0. The van der Waals surface area contributed by atoms with Crippen molar-refractivity contribution in [1.82, 2.24) is 10.2 Å². The first-order valence-electron chi connectivity index (χ1n) is 6.99. The van der Waals surface area contributed by atoms with E-state index in [-0.39, 0.29) is 5.91 Å². The minimum absolute atomic E-state index is 0.267. The van der Waals surface area contributed by atoms with Crippen LogP contribution in [0.3, 0.4) is 0 Å². The van der Waals surface area contributed by atoms with Gasteiger partial charge in [-0.1, -0.05) is 36.4 Å². The SMILES string of the molecule is CS(=O)c1cccc(NC(=O)c2cn[nH]c2-c2ccccc2)c1. The van der Waals surface area contributed by atoms with Crippen LogP contribution in [0.4, 0.5) is 5.69 Å². The molecular formula is C17H15N3O2S. The van der Waals surface area contributed by atoms with E-state index in [1.54, 1.807) is 30.5 Å². The molecule has 3 rings (SSSR count). The summed E-state index contributed by atoms with van der Waals surface area (Å²) in [6, 6.07) is 16.5. The van der Waals surface area contributed by atoms with Gasteiger partial charge in [0.15, 0.2) is 0 Å². The lowest BCUT2D eigenvalue weighted by Gasteiger charge is -2.07. The first kappa shape index (κ1) is 15.2. The van der Waals surface area contributed by atoms with Crippen LogP contribution in [0.5, 0.6) is 0 Å². The van der Waals surface area contributed by atoms with E-state index in [9.17, 15) is 9.00 Å². The fourth-order valence-electron chi connectivity index (χ4n) is 2.23. The largest absolute Gasteiger partial charge is 0.322 e. The maximum atomic E-state index is 12.5. The maximum Gasteiger partial charge on any atom is 0.259 e. The summed E-state index contributed by atoms with van der Waals surface area (Å²) in [5.41, 5.74) is 2.61. The Labute approximate surface area is 136 Å². The third kappa shape index (κ3) is 3.37. The molecule has 0 spiro atoms. The first-order chi connectivity index (χ1) is 11.1. The lowest BCUT2D eigenvalue weighted by Crippen LogP contribution is -2.12. The molecule has 0 bridgehead atoms. The van der Waals surface area contributed by atoms with E-state index in [2.05, 4.69) is 15.5 Å².